The van der Waals surface area contributed by atoms with Crippen LogP contribution >= 0.6 is 0 Å². The molecule has 0 saturated heterocycles. The van der Waals surface area contributed by atoms with Crippen molar-refractivity contribution in [2.75, 3.05) is 14.2 Å². The van der Waals surface area contributed by atoms with Crippen molar-refractivity contribution in [3.8, 4) is 5.75 Å². The van der Waals surface area contributed by atoms with Crippen molar-refractivity contribution in [2.45, 2.75) is 27.2 Å². The third-order valence-corrected chi connectivity index (χ3v) is 1.70. The van der Waals surface area contributed by atoms with Gasteiger partial charge in [-0.05, 0) is 24.1 Å². The lowest BCUT2D eigenvalue weighted by atomic mass is 10.0. The van der Waals surface area contributed by atoms with E-state index in [-0.39, 0.29) is 11.7 Å². The first-order valence-corrected chi connectivity index (χ1v) is 5.77. The van der Waals surface area contributed by atoms with E-state index < -0.39 is 0 Å². The second-order valence-electron chi connectivity index (χ2n) is 3.40. The van der Waals surface area contributed by atoms with Gasteiger partial charge in [-0.3, -0.25) is 0 Å². The van der Waals surface area contributed by atoms with Crippen LogP contribution in [0.15, 0.2) is 24.3 Å². The zero-order valence-electron chi connectivity index (χ0n) is 11.4. The molecule has 0 bridgehead atoms. The highest BCUT2D eigenvalue weighted by molar-refractivity contribution is 5.53. The minimum Gasteiger partial charge on any atom is -0.508 e. The van der Waals surface area contributed by atoms with E-state index in [1.807, 2.05) is 26.8 Å². The Morgan fingerprint density at radius 3 is 2.29 bits per heavy atom. The topological polar surface area (TPSA) is 46.5 Å². The van der Waals surface area contributed by atoms with Gasteiger partial charge < -0.3 is 14.6 Å². The summed E-state index contributed by atoms with van der Waals surface area (Å²) in [6, 6.07) is 6.98. The zero-order chi connectivity index (χ0) is 13.7. The van der Waals surface area contributed by atoms with E-state index in [1.165, 1.54) is 0 Å². The van der Waals surface area contributed by atoms with E-state index in [0.29, 0.717) is 6.42 Å². The number of hydrogen-bond donors (Lipinski definition) is 1. The van der Waals surface area contributed by atoms with E-state index >= 15 is 0 Å². The van der Waals surface area contributed by atoms with Crippen molar-refractivity contribution in [1.29, 1.82) is 0 Å². The lowest BCUT2D eigenvalue weighted by molar-refractivity contribution is -0.110. The van der Waals surface area contributed by atoms with E-state index in [2.05, 4.69) is 4.74 Å². The second kappa shape index (κ2) is 12.7. The molecule has 3 nitrogen and oxygen atoms in total. The van der Waals surface area contributed by atoms with Gasteiger partial charge in [0.15, 0.2) is 0 Å². The smallest absolute Gasteiger partial charge is 0.123 e. The van der Waals surface area contributed by atoms with Gasteiger partial charge in [0.05, 0.1) is 0 Å². The van der Waals surface area contributed by atoms with Gasteiger partial charge in [-0.1, -0.05) is 32.9 Å². The third-order valence-electron chi connectivity index (χ3n) is 1.70. The molecule has 0 aliphatic heterocycles. The highest BCUT2D eigenvalue weighted by Crippen LogP contribution is 2.13. The molecule has 1 aromatic carbocycles. The lowest BCUT2D eigenvalue weighted by Crippen LogP contribution is -1.99. The number of methoxy groups -OCH3 is 1. The average Bonchev–Trinajstić information content (AvgIpc) is 2.32. The highest BCUT2D eigenvalue weighted by atomic mass is 16.4. The molecule has 0 saturated carbocycles. The maximum absolute atomic E-state index is 10.3. The normalized spacial score (nSPS) is 10.2. The Hall–Kier alpha value is -1.35. The summed E-state index contributed by atoms with van der Waals surface area (Å²) in [4.78, 5) is 10.3. The highest BCUT2D eigenvalue weighted by Gasteiger charge is 2.01. The Morgan fingerprint density at radius 2 is 1.88 bits per heavy atom. The minimum absolute atomic E-state index is 0.0202. The number of aldehydes is 1. The molecule has 1 N–H and O–H groups in total. The van der Waals surface area contributed by atoms with Gasteiger partial charge in [0.25, 0.3) is 0 Å². The van der Waals surface area contributed by atoms with Crippen LogP contribution in [0.5, 0.6) is 5.75 Å². The van der Waals surface area contributed by atoms with Gasteiger partial charge in [0, 0.05) is 20.1 Å². The largest absolute Gasteiger partial charge is 0.508 e. The zero-order valence-corrected chi connectivity index (χ0v) is 11.4. The quantitative estimate of drug-likeness (QED) is 0.826. The van der Waals surface area contributed by atoms with Crippen molar-refractivity contribution in [3.63, 3.8) is 0 Å². The number of benzene rings is 1. The van der Waals surface area contributed by atoms with Crippen LogP contribution in [0.4, 0.5) is 0 Å². The second-order valence-corrected chi connectivity index (χ2v) is 3.40. The lowest BCUT2D eigenvalue weighted by Gasteiger charge is -2.03. The molecule has 0 aromatic heterocycles. The number of hydrogen-bond acceptors (Lipinski definition) is 3. The summed E-state index contributed by atoms with van der Waals surface area (Å²) < 4.78 is 4.25. The molecule has 98 valence electrons. The summed E-state index contributed by atoms with van der Waals surface area (Å²) in [5.74, 6) is 0.275. The molecule has 0 amide bonds. The first kappa shape index (κ1) is 18.0. The van der Waals surface area contributed by atoms with E-state index in [4.69, 9.17) is 5.11 Å². The van der Waals surface area contributed by atoms with E-state index in [0.717, 1.165) is 11.8 Å². The van der Waals surface area contributed by atoms with Crippen molar-refractivity contribution >= 4 is 6.29 Å². The Balaban J connectivity index is 0. The Labute approximate surface area is 104 Å². The molecule has 1 atom stereocenters. The number of ether oxygens (including phenoxy) is 1. The van der Waals surface area contributed by atoms with Crippen LogP contribution in [0.3, 0.4) is 0 Å². The van der Waals surface area contributed by atoms with Crippen LogP contribution in [0.2, 0.25) is 0 Å². The Morgan fingerprint density at radius 1 is 1.35 bits per heavy atom. The van der Waals surface area contributed by atoms with Crippen LogP contribution < -0.4 is 0 Å². The number of rotatable bonds is 3. The van der Waals surface area contributed by atoms with Crippen molar-refractivity contribution in [3.05, 3.63) is 29.8 Å². The predicted molar refractivity (Wildman–Crippen MR) is 71.3 cm³/mol. The van der Waals surface area contributed by atoms with E-state index in [9.17, 15) is 4.79 Å². The fourth-order valence-corrected chi connectivity index (χ4v) is 1.10. The summed E-state index contributed by atoms with van der Waals surface area (Å²) in [6.45, 7) is 5.86. The number of aromatic hydroxyl groups is 1. The molecule has 0 fully saturated rings. The summed E-state index contributed by atoms with van der Waals surface area (Å²) in [6.07, 6.45) is 1.61. The number of carbonyl (C=O) groups excluding carboxylic acids is 1. The summed E-state index contributed by atoms with van der Waals surface area (Å²) in [5, 5.41) is 9.11. The van der Waals surface area contributed by atoms with Crippen LogP contribution in [-0.4, -0.2) is 25.6 Å². The average molecular weight is 240 g/mol. The molecule has 1 rings (SSSR count). The number of phenolic OH excluding ortho intramolecular Hbond substituents is 1. The van der Waals surface area contributed by atoms with E-state index in [1.54, 1.807) is 32.4 Å². The fourth-order valence-electron chi connectivity index (χ4n) is 1.10. The van der Waals surface area contributed by atoms with Gasteiger partial charge in [0.2, 0.25) is 0 Å². The molecule has 1 aromatic rings. The van der Waals surface area contributed by atoms with Crippen molar-refractivity contribution in [1.82, 2.24) is 0 Å². The molecule has 1 unspecified atom stereocenters. The maximum atomic E-state index is 10.3. The van der Waals surface area contributed by atoms with Gasteiger partial charge in [-0.15, -0.1) is 0 Å². The Kier molecular flexibility index (Phi) is 13.5. The van der Waals surface area contributed by atoms with Crippen molar-refractivity contribution in [2.24, 2.45) is 5.92 Å². The van der Waals surface area contributed by atoms with Crippen LogP contribution in [-0.2, 0) is 16.0 Å². The van der Waals surface area contributed by atoms with Crippen LogP contribution in [0.1, 0.15) is 26.3 Å². The molecule has 0 aliphatic rings. The first-order valence-electron chi connectivity index (χ1n) is 5.77. The molecule has 0 aliphatic carbocycles. The monoisotopic (exact) mass is 240 g/mol. The number of carbonyl (C=O) groups is 1. The SMILES string of the molecule is CC.CC(C=O)Cc1cccc(O)c1.COC. The van der Waals surface area contributed by atoms with Crippen LogP contribution in [0, 0.1) is 5.92 Å². The molecule has 0 spiro atoms. The third kappa shape index (κ3) is 10.9. The molecule has 17 heavy (non-hydrogen) atoms. The maximum Gasteiger partial charge on any atom is 0.123 e. The van der Waals surface area contributed by atoms with Gasteiger partial charge in [-0.2, -0.15) is 0 Å². The number of phenols is 1. The summed E-state index contributed by atoms with van der Waals surface area (Å²) in [5.41, 5.74) is 0.995. The summed E-state index contributed by atoms with van der Waals surface area (Å²) >= 11 is 0. The predicted octanol–water partition coefficient (Wildman–Crippen LogP) is 3.06. The van der Waals surface area contributed by atoms with Gasteiger partial charge in [0.1, 0.15) is 12.0 Å². The molecular formula is C14H24O3. The van der Waals surface area contributed by atoms with Gasteiger partial charge in [-0.25, -0.2) is 0 Å². The van der Waals surface area contributed by atoms with Crippen LogP contribution in [0.25, 0.3) is 0 Å². The summed E-state index contributed by atoms with van der Waals surface area (Å²) in [7, 11) is 3.25. The van der Waals surface area contributed by atoms with Crippen molar-refractivity contribution < 1.29 is 14.6 Å². The molecule has 3 heteroatoms. The molecule has 0 radical (unpaired) electrons. The fraction of sp³-hybridized carbons (Fsp3) is 0.500. The standard InChI is InChI=1S/C10H12O2.C2H6O.C2H6/c1-8(7-11)5-9-3-2-4-10(12)6-9;1-3-2;1-2/h2-4,6-8,12H,5H2,1H3;1-2H3;1-2H3. The Bertz CT molecular complexity index is 285. The molecular weight excluding hydrogens is 216 g/mol. The first-order chi connectivity index (χ1) is 8.13. The minimum atomic E-state index is 0.0202. The van der Waals surface area contributed by atoms with Gasteiger partial charge >= 0.3 is 0 Å². The molecule has 0 heterocycles.